The molecule has 0 unspecified atom stereocenters. The van der Waals surface area contributed by atoms with Crippen molar-refractivity contribution in [3.8, 4) is 5.75 Å². The van der Waals surface area contributed by atoms with Crippen molar-refractivity contribution in [2.75, 3.05) is 12.4 Å². The van der Waals surface area contributed by atoms with Crippen LogP contribution in [0.25, 0.3) is 0 Å². The van der Waals surface area contributed by atoms with E-state index in [1.807, 2.05) is 6.92 Å². The molecule has 0 aliphatic carbocycles. The van der Waals surface area contributed by atoms with Gasteiger partial charge in [0.15, 0.2) is 0 Å². The molecule has 2 aromatic carbocycles. The van der Waals surface area contributed by atoms with Crippen molar-refractivity contribution in [2.24, 2.45) is 0 Å². The Balaban J connectivity index is 1.84. The van der Waals surface area contributed by atoms with Crippen molar-refractivity contribution in [1.82, 2.24) is 9.78 Å². The molecule has 7 heteroatoms. The van der Waals surface area contributed by atoms with Gasteiger partial charge in [-0.3, -0.25) is 9.48 Å². The first-order valence-electron chi connectivity index (χ1n) is 8.33. The Kier molecular flexibility index (Phi) is 5.46. The van der Waals surface area contributed by atoms with E-state index in [0.717, 1.165) is 0 Å². The molecule has 0 spiro atoms. The molecular weight excluding hydrogens is 369 g/mol. The normalized spacial score (nSPS) is 10.7. The zero-order chi connectivity index (χ0) is 19.6. The summed E-state index contributed by atoms with van der Waals surface area (Å²) in [5, 5.41) is 7.64. The first-order valence-corrected chi connectivity index (χ1v) is 8.70. The van der Waals surface area contributed by atoms with Crippen molar-refractivity contribution < 1.29 is 13.9 Å². The predicted molar refractivity (Wildman–Crippen MR) is 103 cm³/mol. The first kappa shape index (κ1) is 18.9. The molecule has 0 saturated carbocycles. The van der Waals surface area contributed by atoms with E-state index in [0.29, 0.717) is 39.0 Å². The average molecular weight is 388 g/mol. The zero-order valence-corrected chi connectivity index (χ0v) is 16.0. The van der Waals surface area contributed by atoms with Gasteiger partial charge in [0, 0.05) is 16.1 Å². The number of hydrogen-bond donors (Lipinski definition) is 1. The summed E-state index contributed by atoms with van der Waals surface area (Å²) in [6, 6.07) is 11.4. The second kappa shape index (κ2) is 7.80. The predicted octanol–water partition coefficient (Wildman–Crippen LogP) is 4.60. The van der Waals surface area contributed by atoms with Crippen molar-refractivity contribution in [3.05, 3.63) is 75.8 Å². The van der Waals surface area contributed by atoms with Crippen LogP contribution in [0.5, 0.6) is 5.75 Å². The molecule has 0 radical (unpaired) electrons. The Bertz CT molecular complexity index is 963. The standard InChI is InChI=1S/C20H19ClFN3O2/c1-12-19(23-20(26)14-7-9-15(27-3)10-8-14)13(2)25(24-12)11-16-17(21)5-4-6-18(16)22/h4-10H,11H2,1-3H3,(H,23,26). The summed E-state index contributed by atoms with van der Waals surface area (Å²) in [6.07, 6.45) is 0. The molecule has 0 atom stereocenters. The van der Waals surface area contributed by atoms with Crippen LogP contribution in [-0.4, -0.2) is 22.8 Å². The minimum absolute atomic E-state index is 0.177. The summed E-state index contributed by atoms with van der Waals surface area (Å²) in [5.74, 6) is 0.0275. The molecule has 3 aromatic rings. The van der Waals surface area contributed by atoms with E-state index < -0.39 is 0 Å². The van der Waals surface area contributed by atoms with Crippen LogP contribution < -0.4 is 10.1 Å². The smallest absolute Gasteiger partial charge is 0.255 e. The molecule has 0 saturated heterocycles. The Morgan fingerprint density at radius 3 is 2.56 bits per heavy atom. The fraction of sp³-hybridized carbons (Fsp3) is 0.200. The van der Waals surface area contributed by atoms with Gasteiger partial charge in [-0.25, -0.2) is 4.39 Å². The van der Waals surface area contributed by atoms with Crippen molar-refractivity contribution in [1.29, 1.82) is 0 Å². The van der Waals surface area contributed by atoms with Gasteiger partial charge in [0.25, 0.3) is 5.91 Å². The highest BCUT2D eigenvalue weighted by Crippen LogP contribution is 2.25. The maximum Gasteiger partial charge on any atom is 0.255 e. The molecule has 140 valence electrons. The van der Waals surface area contributed by atoms with Crippen LogP contribution in [0.4, 0.5) is 10.1 Å². The maximum atomic E-state index is 14.1. The largest absolute Gasteiger partial charge is 0.497 e. The monoisotopic (exact) mass is 387 g/mol. The van der Waals surface area contributed by atoms with Gasteiger partial charge in [-0.05, 0) is 50.2 Å². The number of carbonyl (C=O) groups is 1. The highest BCUT2D eigenvalue weighted by molar-refractivity contribution is 6.31. The van der Waals surface area contributed by atoms with Crippen LogP contribution in [0.1, 0.15) is 27.3 Å². The molecule has 27 heavy (non-hydrogen) atoms. The lowest BCUT2D eigenvalue weighted by atomic mass is 10.2. The lowest BCUT2D eigenvalue weighted by Crippen LogP contribution is -2.13. The summed E-state index contributed by atoms with van der Waals surface area (Å²) >= 11 is 6.11. The number of carbonyl (C=O) groups excluding carboxylic acids is 1. The number of nitrogens with zero attached hydrogens (tertiary/aromatic N) is 2. The zero-order valence-electron chi connectivity index (χ0n) is 15.2. The fourth-order valence-corrected chi connectivity index (χ4v) is 3.02. The number of methoxy groups -OCH3 is 1. The SMILES string of the molecule is COc1ccc(C(=O)Nc2c(C)nn(Cc3c(F)cccc3Cl)c2C)cc1. The van der Waals surface area contributed by atoms with Gasteiger partial charge >= 0.3 is 0 Å². The third-order valence-corrected chi connectivity index (χ3v) is 4.70. The van der Waals surface area contributed by atoms with Crippen molar-refractivity contribution in [2.45, 2.75) is 20.4 Å². The number of hydrogen-bond acceptors (Lipinski definition) is 3. The third-order valence-electron chi connectivity index (χ3n) is 4.34. The van der Waals surface area contributed by atoms with E-state index in [9.17, 15) is 9.18 Å². The van der Waals surface area contributed by atoms with E-state index in [4.69, 9.17) is 16.3 Å². The number of aromatic nitrogens is 2. The van der Waals surface area contributed by atoms with Crippen LogP contribution in [-0.2, 0) is 6.54 Å². The second-order valence-electron chi connectivity index (χ2n) is 6.09. The van der Waals surface area contributed by atoms with Crippen LogP contribution in [0.2, 0.25) is 5.02 Å². The van der Waals surface area contributed by atoms with Gasteiger partial charge in [0.1, 0.15) is 11.6 Å². The van der Waals surface area contributed by atoms with Crippen LogP contribution in [0.3, 0.4) is 0 Å². The average Bonchev–Trinajstić information content (AvgIpc) is 2.92. The molecule has 1 N–H and O–H groups in total. The summed E-state index contributed by atoms with van der Waals surface area (Å²) in [4.78, 5) is 12.5. The molecule has 1 amide bonds. The number of anilines is 1. The van der Waals surface area contributed by atoms with Gasteiger partial charge in [-0.2, -0.15) is 5.10 Å². The van der Waals surface area contributed by atoms with Gasteiger partial charge in [-0.15, -0.1) is 0 Å². The number of rotatable bonds is 5. The lowest BCUT2D eigenvalue weighted by Gasteiger charge is -2.09. The van der Waals surface area contributed by atoms with E-state index in [2.05, 4.69) is 10.4 Å². The minimum atomic E-state index is -0.390. The van der Waals surface area contributed by atoms with Crippen molar-refractivity contribution in [3.63, 3.8) is 0 Å². The fourth-order valence-electron chi connectivity index (χ4n) is 2.79. The highest BCUT2D eigenvalue weighted by Gasteiger charge is 2.17. The molecule has 0 bridgehead atoms. The second-order valence-corrected chi connectivity index (χ2v) is 6.49. The topological polar surface area (TPSA) is 56.1 Å². The van der Waals surface area contributed by atoms with Crippen molar-refractivity contribution >= 4 is 23.2 Å². The molecule has 0 fully saturated rings. The third kappa shape index (κ3) is 3.95. The number of benzene rings is 2. The molecule has 0 aliphatic heterocycles. The molecule has 1 heterocycles. The Morgan fingerprint density at radius 2 is 1.93 bits per heavy atom. The van der Waals surface area contributed by atoms with Crippen LogP contribution in [0.15, 0.2) is 42.5 Å². The highest BCUT2D eigenvalue weighted by atomic mass is 35.5. The van der Waals surface area contributed by atoms with Gasteiger partial charge in [-0.1, -0.05) is 17.7 Å². The molecule has 3 rings (SSSR count). The minimum Gasteiger partial charge on any atom is -0.497 e. The van der Waals surface area contributed by atoms with E-state index in [-0.39, 0.29) is 18.3 Å². The molecule has 0 aliphatic rings. The van der Waals surface area contributed by atoms with E-state index >= 15 is 0 Å². The number of amides is 1. The van der Waals surface area contributed by atoms with E-state index in [1.54, 1.807) is 55.1 Å². The summed E-state index contributed by atoms with van der Waals surface area (Å²) in [7, 11) is 1.57. The molecule has 5 nitrogen and oxygen atoms in total. The number of aryl methyl sites for hydroxylation is 1. The maximum absolute atomic E-state index is 14.1. The summed E-state index contributed by atoms with van der Waals surface area (Å²) in [6.45, 7) is 3.78. The molecular formula is C20H19ClFN3O2. The number of nitrogens with one attached hydrogen (secondary N) is 1. The summed E-state index contributed by atoms with van der Waals surface area (Å²) < 4.78 is 20.8. The van der Waals surface area contributed by atoms with E-state index in [1.165, 1.54) is 6.07 Å². The lowest BCUT2D eigenvalue weighted by molar-refractivity contribution is 0.102. The van der Waals surface area contributed by atoms with Gasteiger partial charge < -0.3 is 10.1 Å². The van der Waals surface area contributed by atoms with Gasteiger partial charge in [0.05, 0.1) is 30.7 Å². The summed E-state index contributed by atoms with van der Waals surface area (Å²) in [5.41, 5.74) is 2.82. The Morgan fingerprint density at radius 1 is 1.22 bits per heavy atom. The molecule has 1 aromatic heterocycles. The number of halogens is 2. The Hall–Kier alpha value is -2.86. The first-order chi connectivity index (χ1) is 12.9. The number of ether oxygens (including phenoxy) is 1. The van der Waals surface area contributed by atoms with Crippen LogP contribution in [0, 0.1) is 19.7 Å². The Labute approximate surface area is 161 Å². The quantitative estimate of drug-likeness (QED) is 0.696. The van der Waals surface area contributed by atoms with Crippen LogP contribution >= 0.6 is 11.6 Å². The van der Waals surface area contributed by atoms with Gasteiger partial charge in [0.2, 0.25) is 0 Å².